The fraction of sp³-hybridized carbons (Fsp3) is 0.0476. The maximum absolute atomic E-state index is 12.9. The summed E-state index contributed by atoms with van der Waals surface area (Å²) in [5, 5.41) is -0.0667. The van der Waals surface area contributed by atoms with Gasteiger partial charge in [0, 0.05) is 29.9 Å². The minimum Gasteiger partial charge on any atom is -0.408 e. The van der Waals surface area contributed by atoms with Crippen LogP contribution in [0.3, 0.4) is 0 Å². The lowest BCUT2D eigenvalue weighted by molar-refractivity contribution is 0.103. The van der Waals surface area contributed by atoms with E-state index in [-0.39, 0.29) is 27.0 Å². The summed E-state index contributed by atoms with van der Waals surface area (Å²) in [5.74, 6) is -0.863. The Hall–Kier alpha value is -3.36. The summed E-state index contributed by atoms with van der Waals surface area (Å²) in [6.07, 6.45) is 0. The molecule has 7 nitrogen and oxygen atoms in total. The van der Waals surface area contributed by atoms with Crippen LogP contribution >= 0.6 is 11.6 Å². The van der Waals surface area contributed by atoms with Gasteiger partial charge in [0.05, 0.1) is 10.5 Å². The summed E-state index contributed by atoms with van der Waals surface area (Å²) in [7, 11) is -2.62. The molecule has 1 heterocycles. The van der Waals surface area contributed by atoms with Crippen LogP contribution in [0.25, 0.3) is 11.1 Å². The third-order valence-electron chi connectivity index (χ3n) is 4.55. The summed E-state index contributed by atoms with van der Waals surface area (Å²) < 4.78 is 34.5. The molecule has 0 amide bonds. The number of hydrogen-bond donors (Lipinski definition) is 1. The van der Waals surface area contributed by atoms with Gasteiger partial charge in [0.2, 0.25) is 0 Å². The van der Waals surface area contributed by atoms with E-state index in [1.54, 1.807) is 42.5 Å². The number of sulfonamides is 1. The highest BCUT2D eigenvalue weighted by Crippen LogP contribution is 2.29. The van der Waals surface area contributed by atoms with Crippen molar-refractivity contribution in [3.05, 3.63) is 93.4 Å². The molecule has 0 aliphatic rings. The van der Waals surface area contributed by atoms with Crippen LogP contribution in [-0.2, 0) is 17.1 Å². The van der Waals surface area contributed by atoms with Crippen LogP contribution in [0.1, 0.15) is 15.9 Å². The highest BCUT2D eigenvalue weighted by atomic mass is 35.5. The molecular weight excluding hydrogens is 428 g/mol. The number of halogens is 1. The molecule has 0 aliphatic carbocycles. The Morgan fingerprint density at radius 3 is 2.43 bits per heavy atom. The molecular formula is C21H15ClN2O5S. The molecule has 0 saturated carbocycles. The molecule has 0 atom stereocenters. The molecule has 1 aromatic heterocycles. The molecule has 4 aromatic rings. The number of nitrogens with zero attached hydrogens (tertiary/aromatic N) is 1. The van der Waals surface area contributed by atoms with E-state index < -0.39 is 15.8 Å². The van der Waals surface area contributed by atoms with E-state index in [2.05, 4.69) is 4.72 Å². The zero-order chi connectivity index (χ0) is 21.5. The number of anilines is 1. The van der Waals surface area contributed by atoms with Crippen molar-refractivity contribution in [1.82, 2.24) is 4.57 Å². The molecule has 0 radical (unpaired) electrons. The fourth-order valence-corrected chi connectivity index (χ4v) is 4.61. The average molecular weight is 443 g/mol. The summed E-state index contributed by atoms with van der Waals surface area (Å²) in [6, 6.07) is 17.4. The lowest BCUT2D eigenvalue weighted by atomic mass is 10.0. The SMILES string of the molecule is Cn1c(=O)oc2cc(S(=O)(=O)Nc3cccc(C(=O)c4ccccc4)c3)c(Cl)cc21. The standard InChI is InChI=1S/C21H15ClN2O5S/c1-24-17-11-16(22)19(12-18(17)29-21(24)26)30(27,28)23-15-9-5-8-14(10-15)20(25)13-6-3-2-4-7-13/h2-12,23H,1H3. The van der Waals surface area contributed by atoms with Crippen molar-refractivity contribution in [3.8, 4) is 0 Å². The van der Waals surface area contributed by atoms with Gasteiger partial charge in [-0.3, -0.25) is 14.1 Å². The Kier molecular flexibility index (Phi) is 4.97. The molecule has 152 valence electrons. The number of oxazole rings is 1. The Labute approximate surface area is 176 Å². The number of ketones is 1. The van der Waals surface area contributed by atoms with Gasteiger partial charge >= 0.3 is 5.76 Å². The number of hydrogen-bond acceptors (Lipinski definition) is 5. The van der Waals surface area contributed by atoms with Crippen molar-refractivity contribution in [2.75, 3.05) is 4.72 Å². The predicted molar refractivity (Wildman–Crippen MR) is 114 cm³/mol. The number of rotatable bonds is 5. The molecule has 0 aliphatic heterocycles. The first-order chi connectivity index (χ1) is 14.3. The molecule has 0 bridgehead atoms. The van der Waals surface area contributed by atoms with Crippen molar-refractivity contribution in [1.29, 1.82) is 0 Å². The first-order valence-corrected chi connectivity index (χ1v) is 10.6. The second-order valence-electron chi connectivity index (χ2n) is 6.56. The highest BCUT2D eigenvalue weighted by molar-refractivity contribution is 7.92. The van der Waals surface area contributed by atoms with Gasteiger partial charge in [-0.2, -0.15) is 0 Å². The second kappa shape index (κ2) is 7.47. The third-order valence-corrected chi connectivity index (χ3v) is 6.39. The van der Waals surface area contributed by atoms with Crippen molar-refractivity contribution in [2.45, 2.75) is 4.90 Å². The molecule has 0 fully saturated rings. The lowest BCUT2D eigenvalue weighted by Gasteiger charge is -2.11. The van der Waals surface area contributed by atoms with Gasteiger partial charge in [0.1, 0.15) is 4.90 Å². The van der Waals surface area contributed by atoms with E-state index in [1.165, 1.54) is 35.9 Å². The normalized spacial score (nSPS) is 11.5. The number of aryl methyl sites for hydroxylation is 1. The third kappa shape index (κ3) is 3.62. The highest BCUT2D eigenvalue weighted by Gasteiger charge is 2.22. The maximum Gasteiger partial charge on any atom is 0.419 e. The van der Waals surface area contributed by atoms with Crippen molar-refractivity contribution in [2.24, 2.45) is 7.05 Å². The van der Waals surface area contributed by atoms with E-state index in [9.17, 15) is 18.0 Å². The van der Waals surface area contributed by atoms with Gasteiger partial charge in [-0.25, -0.2) is 13.2 Å². The largest absolute Gasteiger partial charge is 0.419 e. The van der Waals surface area contributed by atoms with E-state index in [4.69, 9.17) is 16.0 Å². The van der Waals surface area contributed by atoms with Crippen LogP contribution in [-0.4, -0.2) is 18.8 Å². The fourth-order valence-electron chi connectivity index (χ4n) is 3.03. The monoisotopic (exact) mass is 442 g/mol. The first-order valence-electron chi connectivity index (χ1n) is 8.78. The van der Waals surface area contributed by atoms with Crippen molar-refractivity contribution in [3.63, 3.8) is 0 Å². The van der Waals surface area contributed by atoms with Crippen LogP contribution < -0.4 is 10.5 Å². The molecule has 0 saturated heterocycles. The number of nitrogens with one attached hydrogen (secondary N) is 1. The van der Waals surface area contributed by atoms with Crippen LogP contribution in [0, 0.1) is 0 Å². The van der Waals surface area contributed by atoms with Crippen LogP contribution in [0.5, 0.6) is 0 Å². The molecule has 3 aromatic carbocycles. The van der Waals surface area contributed by atoms with E-state index >= 15 is 0 Å². The molecule has 0 spiro atoms. The van der Waals surface area contributed by atoms with Gasteiger partial charge in [-0.05, 0) is 18.2 Å². The van der Waals surface area contributed by atoms with Crippen molar-refractivity contribution >= 4 is 44.2 Å². The topological polar surface area (TPSA) is 98.4 Å². The minimum absolute atomic E-state index is 0.0667. The Morgan fingerprint density at radius 1 is 1.00 bits per heavy atom. The second-order valence-corrected chi connectivity index (χ2v) is 8.62. The number of carbonyl (C=O) groups excluding carboxylic acids is 1. The number of aromatic nitrogens is 1. The van der Waals surface area contributed by atoms with Gasteiger partial charge in [0.25, 0.3) is 10.0 Å². The minimum atomic E-state index is -4.11. The smallest absolute Gasteiger partial charge is 0.408 e. The Morgan fingerprint density at radius 2 is 1.70 bits per heavy atom. The van der Waals surface area contributed by atoms with Gasteiger partial charge < -0.3 is 4.42 Å². The van der Waals surface area contributed by atoms with E-state index in [1.807, 2.05) is 0 Å². The van der Waals surface area contributed by atoms with Gasteiger partial charge in [-0.1, -0.05) is 54.1 Å². The first kappa shape index (κ1) is 19.9. The van der Waals surface area contributed by atoms with Crippen LogP contribution in [0.2, 0.25) is 5.02 Å². The Balaban J connectivity index is 1.69. The number of benzene rings is 3. The van der Waals surface area contributed by atoms with Crippen molar-refractivity contribution < 1.29 is 17.6 Å². The molecule has 1 N–H and O–H groups in total. The zero-order valence-corrected chi connectivity index (χ0v) is 17.2. The molecule has 0 unspecified atom stereocenters. The lowest BCUT2D eigenvalue weighted by Crippen LogP contribution is -2.14. The molecule has 9 heteroatoms. The predicted octanol–water partition coefficient (Wildman–Crippen LogP) is 3.82. The van der Waals surface area contributed by atoms with Crippen LogP contribution in [0.15, 0.2) is 80.8 Å². The van der Waals surface area contributed by atoms with E-state index in [0.29, 0.717) is 16.6 Å². The molecule has 4 rings (SSSR count). The van der Waals surface area contributed by atoms with Gasteiger partial charge in [0.15, 0.2) is 11.4 Å². The zero-order valence-electron chi connectivity index (χ0n) is 15.6. The van der Waals surface area contributed by atoms with Crippen LogP contribution in [0.4, 0.5) is 5.69 Å². The summed E-state index contributed by atoms with van der Waals surface area (Å²) in [4.78, 5) is 24.1. The summed E-state index contributed by atoms with van der Waals surface area (Å²) in [6.45, 7) is 0. The number of carbonyl (C=O) groups is 1. The van der Waals surface area contributed by atoms with Gasteiger partial charge in [-0.15, -0.1) is 0 Å². The molecule has 30 heavy (non-hydrogen) atoms. The average Bonchev–Trinajstić information content (AvgIpc) is 3.00. The maximum atomic E-state index is 12.9. The quantitative estimate of drug-likeness (QED) is 0.474. The number of fused-ring (bicyclic) bond motifs is 1. The summed E-state index contributed by atoms with van der Waals surface area (Å²) in [5.41, 5.74) is 1.49. The Bertz CT molecular complexity index is 1440. The van der Waals surface area contributed by atoms with E-state index in [0.717, 1.165) is 0 Å². The summed E-state index contributed by atoms with van der Waals surface area (Å²) >= 11 is 6.17.